The van der Waals surface area contributed by atoms with E-state index >= 15 is 0 Å². The van der Waals surface area contributed by atoms with E-state index in [1.807, 2.05) is 0 Å². The molecule has 0 saturated heterocycles. The highest BCUT2D eigenvalue weighted by Crippen LogP contribution is 2.17. The van der Waals surface area contributed by atoms with Gasteiger partial charge < -0.3 is 9.52 Å². The zero-order valence-electron chi connectivity index (χ0n) is 3.39. The van der Waals surface area contributed by atoms with E-state index in [-0.39, 0.29) is 5.95 Å². The summed E-state index contributed by atoms with van der Waals surface area (Å²) in [5.74, 6) is -0.0631. The third kappa shape index (κ3) is 0.962. The molecular formula is C4H3BrO2. The Morgan fingerprint density at radius 2 is 2.29 bits per heavy atom. The monoisotopic (exact) mass is 162 g/mol. The van der Waals surface area contributed by atoms with Gasteiger partial charge in [0.05, 0.1) is 0 Å². The molecule has 0 aliphatic rings. The first kappa shape index (κ1) is 4.71. The molecule has 1 N–H and O–H groups in total. The van der Waals surface area contributed by atoms with Crippen LogP contribution in [0.15, 0.2) is 21.2 Å². The lowest BCUT2D eigenvalue weighted by atomic mass is 10.7. The van der Waals surface area contributed by atoms with Gasteiger partial charge in [0.2, 0.25) is 0 Å². The van der Waals surface area contributed by atoms with Gasteiger partial charge in [0.15, 0.2) is 4.67 Å². The molecule has 1 aromatic rings. The van der Waals surface area contributed by atoms with Gasteiger partial charge in [-0.1, -0.05) is 0 Å². The number of aromatic hydroxyl groups is 1. The summed E-state index contributed by atoms with van der Waals surface area (Å²) in [6, 6.07) is 3.08. The van der Waals surface area contributed by atoms with Crippen molar-refractivity contribution in [1.29, 1.82) is 0 Å². The van der Waals surface area contributed by atoms with E-state index in [4.69, 9.17) is 5.11 Å². The lowest BCUT2D eigenvalue weighted by molar-refractivity contribution is 0.324. The molecule has 1 rings (SSSR count). The third-order valence-electron chi connectivity index (χ3n) is 0.559. The second kappa shape index (κ2) is 1.58. The SMILES string of the molecule is Oc1ccc(Br)o1. The molecule has 38 valence electrons. The molecule has 7 heavy (non-hydrogen) atoms. The van der Waals surface area contributed by atoms with E-state index in [2.05, 4.69) is 20.3 Å². The molecule has 0 fully saturated rings. The van der Waals surface area contributed by atoms with Crippen LogP contribution in [0.3, 0.4) is 0 Å². The molecule has 0 aliphatic carbocycles. The first-order chi connectivity index (χ1) is 3.29. The molecule has 0 aliphatic heterocycles. The number of halogens is 1. The van der Waals surface area contributed by atoms with Gasteiger partial charge in [-0.3, -0.25) is 0 Å². The summed E-state index contributed by atoms with van der Waals surface area (Å²) in [6.45, 7) is 0. The standard InChI is InChI=1S/C4H3BrO2/c5-3-1-2-4(6)7-3/h1-2,6H. The van der Waals surface area contributed by atoms with Crippen LogP contribution in [-0.4, -0.2) is 5.11 Å². The largest absolute Gasteiger partial charge is 0.481 e. The second-order valence-corrected chi connectivity index (χ2v) is 1.86. The Bertz CT molecular complexity index is 142. The van der Waals surface area contributed by atoms with Crippen LogP contribution in [0.25, 0.3) is 0 Å². The van der Waals surface area contributed by atoms with Crippen LogP contribution >= 0.6 is 15.9 Å². The van der Waals surface area contributed by atoms with E-state index in [0.29, 0.717) is 4.67 Å². The summed E-state index contributed by atoms with van der Waals surface area (Å²) in [5, 5.41) is 8.46. The van der Waals surface area contributed by atoms with Crippen molar-refractivity contribution in [3.05, 3.63) is 16.8 Å². The number of furan rings is 1. The zero-order valence-corrected chi connectivity index (χ0v) is 4.97. The van der Waals surface area contributed by atoms with Gasteiger partial charge in [-0.15, -0.1) is 0 Å². The molecule has 0 saturated carbocycles. The number of rotatable bonds is 0. The Balaban J connectivity index is 3.04. The van der Waals surface area contributed by atoms with Crippen LogP contribution in [0.1, 0.15) is 0 Å². The first-order valence-corrected chi connectivity index (χ1v) is 2.52. The van der Waals surface area contributed by atoms with Crippen LogP contribution in [0, 0.1) is 0 Å². The molecule has 0 aromatic carbocycles. The Morgan fingerprint density at radius 1 is 1.57 bits per heavy atom. The molecule has 0 amide bonds. The maximum absolute atomic E-state index is 8.46. The summed E-state index contributed by atoms with van der Waals surface area (Å²) in [7, 11) is 0. The van der Waals surface area contributed by atoms with E-state index < -0.39 is 0 Å². The highest BCUT2D eigenvalue weighted by molar-refractivity contribution is 9.10. The normalized spacial score (nSPS) is 9.29. The van der Waals surface area contributed by atoms with Crippen molar-refractivity contribution < 1.29 is 9.52 Å². The fourth-order valence-corrected chi connectivity index (χ4v) is 0.603. The molecule has 0 bridgehead atoms. The fourth-order valence-electron chi connectivity index (χ4n) is 0.305. The summed E-state index contributed by atoms with van der Waals surface area (Å²) in [5.41, 5.74) is 0. The van der Waals surface area contributed by atoms with Crippen molar-refractivity contribution in [3.63, 3.8) is 0 Å². The van der Waals surface area contributed by atoms with Gasteiger partial charge in [0.1, 0.15) is 0 Å². The van der Waals surface area contributed by atoms with Crippen LogP contribution in [0.4, 0.5) is 0 Å². The van der Waals surface area contributed by atoms with Gasteiger partial charge in [-0.25, -0.2) is 0 Å². The molecule has 1 heterocycles. The van der Waals surface area contributed by atoms with E-state index in [1.54, 1.807) is 6.07 Å². The molecule has 0 radical (unpaired) electrons. The lowest BCUT2D eigenvalue weighted by Gasteiger charge is -1.74. The van der Waals surface area contributed by atoms with Crippen molar-refractivity contribution in [2.24, 2.45) is 0 Å². The van der Waals surface area contributed by atoms with Gasteiger partial charge >= 0.3 is 0 Å². The minimum atomic E-state index is -0.0631. The molecule has 0 unspecified atom stereocenters. The van der Waals surface area contributed by atoms with Crippen LogP contribution in [0.5, 0.6) is 5.95 Å². The summed E-state index contributed by atoms with van der Waals surface area (Å²) >= 11 is 3.01. The fraction of sp³-hybridized carbons (Fsp3) is 0. The first-order valence-electron chi connectivity index (χ1n) is 1.73. The Morgan fingerprint density at radius 3 is 2.43 bits per heavy atom. The van der Waals surface area contributed by atoms with E-state index in [0.717, 1.165) is 0 Å². The average molecular weight is 163 g/mol. The highest BCUT2D eigenvalue weighted by atomic mass is 79.9. The van der Waals surface area contributed by atoms with Crippen molar-refractivity contribution in [3.8, 4) is 5.95 Å². The minimum Gasteiger partial charge on any atom is -0.481 e. The summed E-state index contributed by atoms with van der Waals surface area (Å²) in [4.78, 5) is 0. The smallest absolute Gasteiger partial charge is 0.282 e. The molecule has 2 nitrogen and oxygen atoms in total. The van der Waals surface area contributed by atoms with Gasteiger partial charge in [-0.2, -0.15) is 0 Å². The number of hydrogen-bond acceptors (Lipinski definition) is 2. The third-order valence-corrected chi connectivity index (χ3v) is 0.985. The average Bonchev–Trinajstić information content (AvgIpc) is 1.87. The molecule has 0 spiro atoms. The predicted molar refractivity (Wildman–Crippen MR) is 28.1 cm³/mol. The topological polar surface area (TPSA) is 33.4 Å². The summed E-state index contributed by atoms with van der Waals surface area (Å²) < 4.78 is 5.10. The quantitative estimate of drug-likeness (QED) is 0.631. The van der Waals surface area contributed by atoms with Gasteiger partial charge in [0, 0.05) is 6.07 Å². The van der Waals surface area contributed by atoms with Crippen molar-refractivity contribution in [1.82, 2.24) is 0 Å². The second-order valence-electron chi connectivity index (χ2n) is 1.08. The van der Waals surface area contributed by atoms with Crippen molar-refractivity contribution in [2.45, 2.75) is 0 Å². The van der Waals surface area contributed by atoms with Crippen molar-refractivity contribution in [2.75, 3.05) is 0 Å². The van der Waals surface area contributed by atoms with Crippen molar-refractivity contribution >= 4 is 15.9 Å². The van der Waals surface area contributed by atoms with Gasteiger partial charge in [-0.05, 0) is 22.0 Å². The Labute approximate surface area is 48.9 Å². The predicted octanol–water partition coefficient (Wildman–Crippen LogP) is 1.75. The highest BCUT2D eigenvalue weighted by Gasteiger charge is 1.90. The maximum atomic E-state index is 8.46. The molecular weight excluding hydrogens is 160 g/mol. The number of hydrogen-bond donors (Lipinski definition) is 1. The molecule has 3 heteroatoms. The van der Waals surface area contributed by atoms with E-state index in [9.17, 15) is 0 Å². The Hall–Kier alpha value is -0.440. The Kier molecular flexibility index (Phi) is 1.06. The zero-order chi connectivity index (χ0) is 5.28. The van der Waals surface area contributed by atoms with Crippen LogP contribution < -0.4 is 0 Å². The summed E-state index contributed by atoms with van der Waals surface area (Å²) in [6.07, 6.45) is 0. The maximum Gasteiger partial charge on any atom is 0.282 e. The minimum absolute atomic E-state index is 0.0631. The van der Waals surface area contributed by atoms with E-state index in [1.165, 1.54) is 6.07 Å². The van der Waals surface area contributed by atoms with Crippen LogP contribution in [0.2, 0.25) is 0 Å². The molecule has 1 aromatic heterocycles. The lowest BCUT2D eigenvalue weighted by Crippen LogP contribution is -1.42. The molecule has 0 atom stereocenters. The van der Waals surface area contributed by atoms with Gasteiger partial charge in [0.25, 0.3) is 5.95 Å². The van der Waals surface area contributed by atoms with Crippen LogP contribution in [-0.2, 0) is 0 Å².